The van der Waals surface area contributed by atoms with Crippen molar-refractivity contribution in [2.75, 3.05) is 0 Å². The monoisotopic (exact) mass is 336 g/mol. The van der Waals surface area contributed by atoms with E-state index < -0.39 is 0 Å². The third-order valence-corrected chi connectivity index (χ3v) is 4.67. The number of carbonyl (C=O) groups excluding carboxylic acids is 2. The van der Waals surface area contributed by atoms with Crippen molar-refractivity contribution in [1.29, 1.82) is 0 Å². The van der Waals surface area contributed by atoms with Crippen molar-refractivity contribution in [2.24, 2.45) is 0 Å². The van der Waals surface area contributed by atoms with Crippen LogP contribution in [0.15, 0.2) is 60.7 Å². The van der Waals surface area contributed by atoms with E-state index >= 15 is 0 Å². The molecule has 0 aromatic heterocycles. The molecule has 0 radical (unpaired) electrons. The number of nitrogens with one attached hydrogen (secondary N) is 1. The topological polar surface area (TPSA) is 49.4 Å². The Morgan fingerprint density at radius 3 is 2.00 bits per heavy atom. The average molecular weight is 336 g/mol. The zero-order valence-electron chi connectivity index (χ0n) is 14.7. The molecule has 1 N–H and O–H groups in total. The summed E-state index contributed by atoms with van der Waals surface area (Å²) in [6.45, 7) is 3.91. The van der Waals surface area contributed by atoms with Crippen molar-refractivity contribution in [3.05, 3.63) is 71.8 Å². The summed E-state index contributed by atoms with van der Waals surface area (Å²) < 4.78 is 0. The van der Waals surface area contributed by atoms with Crippen LogP contribution in [-0.4, -0.2) is 28.8 Å². The highest BCUT2D eigenvalue weighted by Gasteiger charge is 2.38. The van der Waals surface area contributed by atoms with E-state index in [4.69, 9.17) is 0 Å². The molecule has 3 rings (SSSR count). The van der Waals surface area contributed by atoms with Gasteiger partial charge in [0.05, 0.1) is 6.04 Å². The lowest BCUT2D eigenvalue weighted by atomic mass is 9.98. The van der Waals surface area contributed by atoms with E-state index in [1.54, 1.807) is 4.90 Å². The maximum atomic E-state index is 13.0. The van der Waals surface area contributed by atoms with Gasteiger partial charge < -0.3 is 10.2 Å². The van der Waals surface area contributed by atoms with Crippen LogP contribution in [0.5, 0.6) is 0 Å². The highest BCUT2D eigenvalue weighted by atomic mass is 16.2. The third-order valence-electron chi connectivity index (χ3n) is 4.67. The van der Waals surface area contributed by atoms with E-state index in [9.17, 15) is 9.59 Å². The normalized spacial score (nSPS) is 17.4. The van der Waals surface area contributed by atoms with E-state index in [-0.39, 0.29) is 29.9 Å². The smallest absolute Gasteiger partial charge is 0.243 e. The second-order valence-corrected chi connectivity index (χ2v) is 6.71. The molecule has 130 valence electrons. The van der Waals surface area contributed by atoms with E-state index in [0.717, 1.165) is 11.1 Å². The maximum Gasteiger partial charge on any atom is 0.243 e. The minimum absolute atomic E-state index is 0.0256. The molecule has 4 heteroatoms. The first-order valence-corrected chi connectivity index (χ1v) is 8.79. The first-order valence-electron chi connectivity index (χ1n) is 8.79. The van der Waals surface area contributed by atoms with Crippen molar-refractivity contribution < 1.29 is 9.59 Å². The van der Waals surface area contributed by atoms with Crippen LogP contribution >= 0.6 is 0 Å². The molecular formula is C21H24N2O2. The molecule has 0 spiro atoms. The molecule has 0 saturated carbocycles. The second kappa shape index (κ2) is 7.51. The van der Waals surface area contributed by atoms with E-state index in [1.165, 1.54) is 0 Å². The summed E-state index contributed by atoms with van der Waals surface area (Å²) in [7, 11) is 0. The minimum atomic E-state index is -0.387. The fourth-order valence-corrected chi connectivity index (χ4v) is 3.50. The second-order valence-electron chi connectivity index (χ2n) is 6.71. The van der Waals surface area contributed by atoms with Crippen molar-refractivity contribution in [3.8, 4) is 0 Å². The SMILES string of the molecule is CC(C)N1C(=O)CCC1C(=O)NC(c1ccccc1)c1ccccc1. The number of likely N-dealkylation sites (tertiary alicyclic amines) is 1. The molecule has 0 aliphatic carbocycles. The summed E-state index contributed by atoms with van der Waals surface area (Å²) in [6, 6.07) is 19.3. The molecule has 0 bridgehead atoms. The molecule has 1 aliphatic heterocycles. The van der Waals surface area contributed by atoms with Crippen LogP contribution in [0, 0.1) is 0 Å². The molecule has 4 nitrogen and oxygen atoms in total. The lowest BCUT2D eigenvalue weighted by Crippen LogP contribution is -2.48. The summed E-state index contributed by atoms with van der Waals surface area (Å²) in [5.74, 6) is -0.0246. The summed E-state index contributed by atoms with van der Waals surface area (Å²) in [5, 5.41) is 3.16. The number of benzene rings is 2. The lowest BCUT2D eigenvalue weighted by Gasteiger charge is -2.29. The van der Waals surface area contributed by atoms with Gasteiger partial charge in [-0.05, 0) is 31.4 Å². The molecular weight excluding hydrogens is 312 g/mol. The number of rotatable bonds is 5. The van der Waals surface area contributed by atoms with Gasteiger partial charge in [-0.15, -0.1) is 0 Å². The molecule has 2 aromatic rings. The average Bonchev–Trinajstić information content (AvgIpc) is 3.03. The van der Waals surface area contributed by atoms with Gasteiger partial charge in [-0.1, -0.05) is 60.7 Å². The van der Waals surface area contributed by atoms with Gasteiger partial charge in [0.2, 0.25) is 11.8 Å². The lowest BCUT2D eigenvalue weighted by molar-refractivity contribution is -0.137. The van der Waals surface area contributed by atoms with Gasteiger partial charge >= 0.3 is 0 Å². The van der Waals surface area contributed by atoms with Gasteiger partial charge in [-0.2, -0.15) is 0 Å². The first kappa shape index (κ1) is 17.2. The summed E-state index contributed by atoms with van der Waals surface area (Å²) in [5.41, 5.74) is 2.06. The molecule has 1 aliphatic rings. The summed E-state index contributed by atoms with van der Waals surface area (Å²) in [4.78, 5) is 26.8. The van der Waals surface area contributed by atoms with Crippen LogP contribution in [0.2, 0.25) is 0 Å². The van der Waals surface area contributed by atoms with E-state index in [1.807, 2.05) is 74.5 Å². The van der Waals surface area contributed by atoms with Gasteiger partial charge in [0.15, 0.2) is 0 Å². The van der Waals surface area contributed by atoms with E-state index in [2.05, 4.69) is 5.32 Å². The zero-order chi connectivity index (χ0) is 17.8. The van der Waals surface area contributed by atoms with Crippen molar-refractivity contribution >= 4 is 11.8 Å². The number of hydrogen-bond donors (Lipinski definition) is 1. The van der Waals surface area contributed by atoms with Crippen molar-refractivity contribution in [2.45, 2.75) is 44.8 Å². The van der Waals surface area contributed by atoms with Crippen LogP contribution in [0.3, 0.4) is 0 Å². The van der Waals surface area contributed by atoms with Crippen LogP contribution in [0.25, 0.3) is 0 Å². The quantitative estimate of drug-likeness (QED) is 0.911. The molecule has 1 atom stereocenters. The Balaban J connectivity index is 1.86. The number of carbonyl (C=O) groups is 2. The molecule has 1 fully saturated rings. The Morgan fingerprint density at radius 1 is 1.00 bits per heavy atom. The van der Waals surface area contributed by atoms with Gasteiger partial charge in [-0.25, -0.2) is 0 Å². The molecule has 25 heavy (non-hydrogen) atoms. The number of hydrogen-bond acceptors (Lipinski definition) is 2. The molecule has 1 heterocycles. The van der Waals surface area contributed by atoms with Gasteiger partial charge in [0.1, 0.15) is 6.04 Å². The van der Waals surface area contributed by atoms with Crippen LogP contribution < -0.4 is 5.32 Å². The van der Waals surface area contributed by atoms with Crippen LogP contribution in [-0.2, 0) is 9.59 Å². The molecule has 1 unspecified atom stereocenters. The Bertz CT molecular complexity index is 689. The highest BCUT2D eigenvalue weighted by Crippen LogP contribution is 2.25. The summed E-state index contributed by atoms with van der Waals surface area (Å²) in [6.07, 6.45) is 1.02. The Hall–Kier alpha value is -2.62. The number of amides is 2. The fourth-order valence-electron chi connectivity index (χ4n) is 3.50. The highest BCUT2D eigenvalue weighted by molar-refractivity contribution is 5.91. The molecule has 2 aromatic carbocycles. The van der Waals surface area contributed by atoms with Gasteiger partial charge in [0.25, 0.3) is 0 Å². The Kier molecular flexibility index (Phi) is 5.17. The van der Waals surface area contributed by atoms with E-state index in [0.29, 0.717) is 12.8 Å². The van der Waals surface area contributed by atoms with Gasteiger partial charge in [0, 0.05) is 12.5 Å². The Morgan fingerprint density at radius 2 is 1.52 bits per heavy atom. The van der Waals surface area contributed by atoms with Crippen LogP contribution in [0.4, 0.5) is 0 Å². The third kappa shape index (κ3) is 3.73. The fraction of sp³-hybridized carbons (Fsp3) is 0.333. The predicted molar refractivity (Wildman–Crippen MR) is 97.9 cm³/mol. The zero-order valence-corrected chi connectivity index (χ0v) is 14.7. The largest absolute Gasteiger partial charge is 0.343 e. The summed E-state index contributed by atoms with van der Waals surface area (Å²) >= 11 is 0. The number of nitrogens with zero attached hydrogens (tertiary/aromatic N) is 1. The maximum absolute atomic E-state index is 13.0. The van der Waals surface area contributed by atoms with Crippen molar-refractivity contribution in [3.63, 3.8) is 0 Å². The molecule has 1 saturated heterocycles. The minimum Gasteiger partial charge on any atom is -0.343 e. The first-order chi connectivity index (χ1) is 12.1. The van der Waals surface area contributed by atoms with Crippen LogP contribution in [0.1, 0.15) is 43.9 Å². The molecule has 2 amide bonds. The standard InChI is InChI=1S/C21H24N2O2/c1-15(2)23-18(13-14-19(23)24)21(25)22-20(16-9-5-3-6-10-16)17-11-7-4-8-12-17/h3-12,15,18,20H,13-14H2,1-2H3,(H,22,25). The Labute approximate surface area is 148 Å². The predicted octanol–water partition coefficient (Wildman–Crippen LogP) is 3.29. The van der Waals surface area contributed by atoms with Crippen molar-refractivity contribution in [1.82, 2.24) is 10.2 Å². The van der Waals surface area contributed by atoms with Gasteiger partial charge in [-0.3, -0.25) is 9.59 Å².